The van der Waals surface area contributed by atoms with Crippen LogP contribution < -0.4 is 0 Å². The van der Waals surface area contributed by atoms with Gasteiger partial charge < -0.3 is 5.11 Å². The van der Waals surface area contributed by atoms with Crippen molar-refractivity contribution in [1.29, 1.82) is 0 Å². The molecule has 0 fully saturated rings. The zero-order valence-electron chi connectivity index (χ0n) is 22.9. The fourth-order valence-corrected chi connectivity index (χ4v) is 4.68. The van der Waals surface area contributed by atoms with Crippen LogP contribution in [-0.4, -0.2) is 11.1 Å². The zero-order valence-corrected chi connectivity index (χ0v) is 22.9. The molecule has 0 bridgehead atoms. The first-order valence-electron chi connectivity index (χ1n) is 15.0. The zero-order chi connectivity index (χ0) is 24.4. The summed E-state index contributed by atoms with van der Waals surface area (Å²) < 4.78 is 0. The maximum atomic E-state index is 11.6. The molecule has 2 nitrogen and oxygen atoms in total. The standard InChI is InChI=1S/C31H60O2/c1-4-5-6-7-8-9-10-11-12-13-14-18-21-24-27-30(31(32)33)28-25-22-19-16-15-17-20-23-26-29(2)3/h11-12,29-30H,4-10,13-28H2,1-3H3,(H,32,33). The summed E-state index contributed by atoms with van der Waals surface area (Å²) in [6.45, 7) is 6.88. The molecule has 0 saturated heterocycles. The quantitative estimate of drug-likeness (QED) is 0.102. The first-order valence-corrected chi connectivity index (χ1v) is 15.0. The predicted octanol–water partition coefficient (Wildman–Crippen LogP) is 10.9. The highest BCUT2D eigenvalue weighted by Gasteiger charge is 2.16. The van der Waals surface area contributed by atoms with Gasteiger partial charge in [0.05, 0.1) is 5.92 Å². The van der Waals surface area contributed by atoms with Crippen molar-refractivity contribution in [3.05, 3.63) is 12.2 Å². The van der Waals surface area contributed by atoms with Crippen molar-refractivity contribution in [2.24, 2.45) is 11.8 Å². The Kier molecular flexibility index (Phi) is 25.2. The topological polar surface area (TPSA) is 37.3 Å². The van der Waals surface area contributed by atoms with Gasteiger partial charge in [-0.2, -0.15) is 0 Å². The molecule has 0 aromatic rings. The highest BCUT2D eigenvalue weighted by atomic mass is 16.4. The molecule has 0 saturated carbocycles. The monoisotopic (exact) mass is 464 g/mol. The highest BCUT2D eigenvalue weighted by Crippen LogP contribution is 2.20. The van der Waals surface area contributed by atoms with E-state index in [1.54, 1.807) is 0 Å². The molecule has 0 rings (SSSR count). The number of hydrogen-bond acceptors (Lipinski definition) is 1. The van der Waals surface area contributed by atoms with E-state index in [1.807, 2.05) is 0 Å². The third-order valence-electron chi connectivity index (χ3n) is 7.00. The first-order chi connectivity index (χ1) is 16.1. The molecular formula is C31H60O2. The largest absolute Gasteiger partial charge is 0.481 e. The Hall–Kier alpha value is -0.790. The van der Waals surface area contributed by atoms with E-state index in [4.69, 9.17) is 0 Å². The Morgan fingerprint density at radius 1 is 0.576 bits per heavy atom. The Morgan fingerprint density at radius 2 is 0.939 bits per heavy atom. The van der Waals surface area contributed by atoms with E-state index >= 15 is 0 Å². The average molecular weight is 465 g/mol. The van der Waals surface area contributed by atoms with Crippen LogP contribution in [0, 0.1) is 11.8 Å². The van der Waals surface area contributed by atoms with Crippen LogP contribution in [-0.2, 0) is 4.79 Å². The molecule has 1 unspecified atom stereocenters. The van der Waals surface area contributed by atoms with Gasteiger partial charge in [0.2, 0.25) is 0 Å². The second-order valence-corrected chi connectivity index (χ2v) is 10.9. The van der Waals surface area contributed by atoms with Gasteiger partial charge in [0, 0.05) is 0 Å². The van der Waals surface area contributed by atoms with E-state index in [0.29, 0.717) is 0 Å². The van der Waals surface area contributed by atoms with E-state index in [0.717, 1.165) is 31.6 Å². The molecule has 2 heteroatoms. The lowest BCUT2D eigenvalue weighted by Gasteiger charge is -2.12. The molecule has 0 spiro atoms. The van der Waals surface area contributed by atoms with Gasteiger partial charge in [-0.1, -0.05) is 142 Å². The molecule has 0 aliphatic heterocycles. The van der Waals surface area contributed by atoms with Gasteiger partial charge in [0.25, 0.3) is 0 Å². The van der Waals surface area contributed by atoms with E-state index < -0.39 is 5.97 Å². The Bertz CT molecular complexity index is 427. The van der Waals surface area contributed by atoms with Crippen LogP contribution in [0.2, 0.25) is 0 Å². The Labute approximate surface area is 208 Å². The molecule has 0 radical (unpaired) electrons. The lowest BCUT2D eigenvalue weighted by Crippen LogP contribution is -2.13. The van der Waals surface area contributed by atoms with E-state index in [1.165, 1.54) is 122 Å². The van der Waals surface area contributed by atoms with Crippen molar-refractivity contribution in [2.45, 2.75) is 168 Å². The van der Waals surface area contributed by atoms with Gasteiger partial charge in [-0.15, -0.1) is 0 Å². The average Bonchev–Trinajstić information content (AvgIpc) is 2.78. The maximum Gasteiger partial charge on any atom is 0.306 e. The minimum Gasteiger partial charge on any atom is -0.481 e. The summed E-state index contributed by atoms with van der Waals surface area (Å²) in [5.41, 5.74) is 0. The van der Waals surface area contributed by atoms with Gasteiger partial charge in [0.15, 0.2) is 0 Å². The van der Waals surface area contributed by atoms with Gasteiger partial charge in [-0.3, -0.25) is 4.79 Å². The number of carbonyl (C=O) groups is 1. The van der Waals surface area contributed by atoms with Crippen LogP contribution in [0.3, 0.4) is 0 Å². The van der Waals surface area contributed by atoms with Crippen molar-refractivity contribution >= 4 is 5.97 Å². The normalized spacial score (nSPS) is 12.7. The molecule has 0 aliphatic rings. The lowest BCUT2D eigenvalue weighted by molar-refractivity contribution is -0.142. The van der Waals surface area contributed by atoms with E-state index in [-0.39, 0.29) is 5.92 Å². The number of carboxylic acids is 1. The van der Waals surface area contributed by atoms with Crippen LogP contribution in [0.4, 0.5) is 0 Å². The van der Waals surface area contributed by atoms with Gasteiger partial charge in [-0.25, -0.2) is 0 Å². The number of unbranched alkanes of at least 4 members (excludes halogenated alkanes) is 17. The fraction of sp³-hybridized carbons (Fsp3) is 0.903. The summed E-state index contributed by atoms with van der Waals surface area (Å²) in [5.74, 6) is 0.157. The van der Waals surface area contributed by atoms with Gasteiger partial charge >= 0.3 is 5.97 Å². The molecule has 196 valence electrons. The van der Waals surface area contributed by atoms with Crippen LogP contribution >= 0.6 is 0 Å². The van der Waals surface area contributed by atoms with Crippen molar-refractivity contribution in [1.82, 2.24) is 0 Å². The minimum atomic E-state index is -0.572. The van der Waals surface area contributed by atoms with Crippen molar-refractivity contribution in [2.75, 3.05) is 0 Å². The second-order valence-electron chi connectivity index (χ2n) is 10.9. The van der Waals surface area contributed by atoms with E-state index in [2.05, 4.69) is 32.9 Å². The van der Waals surface area contributed by atoms with Crippen LogP contribution in [0.15, 0.2) is 12.2 Å². The van der Waals surface area contributed by atoms with Crippen LogP contribution in [0.25, 0.3) is 0 Å². The van der Waals surface area contributed by atoms with Gasteiger partial charge in [-0.05, 0) is 44.4 Å². The number of allylic oxidation sites excluding steroid dienone is 2. The summed E-state index contributed by atoms with van der Waals surface area (Å²) in [6, 6.07) is 0. The molecular weight excluding hydrogens is 404 g/mol. The van der Waals surface area contributed by atoms with Crippen molar-refractivity contribution in [3.8, 4) is 0 Å². The summed E-state index contributed by atoms with van der Waals surface area (Å²) >= 11 is 0. The predicted molar refractivity (Wildman–Crippen MR) is 147 cm³/mol. The number of aliphatic carboxylic acids is 1. The molecule has 0 heterocycles. The SMILES string of the molecule is CCCCCCCCC=CCCCCCCC(CCCCCCCCCCC(C)C)C(=O)O. The smallest absolute Gasteiger partial charge is 0.306 e. The lowest BCUT2D eigenvalue weighted by atomic mass is 9.94. The Morgan fingerprint density at radius 3 is 1.33 bits per heavy atom. The van der Waals surface area contributed by atoms with Crippen molar-refractivity contribution < 1.29 is 9.90 Å². The third kappa shape index (κ3) is 25.7. The summed E-state index contributed by atoms with van der Waals surface area (Å²) in [7, 11) is 0. The maximum absolute atomic E-state index is 11.6. The van der Waals surface area contributed by atoms with Crippen LogP contribution in [0.5, 0.6) is 0 Å². The Balaban J connectivity index is 3.49. The second kappa shape index (κ2) is 25.8. The van der Waals surface area contributed by atoms with E-state index in [9.17, 15) is 9.90 Å². The minimum absolute atomic E-state index is 0.113. The van der Waals surface area contributed by atoms with Crippen molar-refractivity contribution in [3.63, 3.8) is 0 Å². The summed E-state index contributed by atoms with van der Waals surface area (Å²) in [4.78, 5) is 11.6. The fourth-order valence-electron chi connectivity index (χ4n) is 4.68. The molecule has 0 aromatic carbocycles. The molecule has 33 heavy (non-hydrogen) atoms. The van der Waals surface area contributed by atoms with Gasteiger partial charge in [0.1, 0.15) is 0 Å². The molecule has 1 N–H and O–H groups in total. The number of hydrogen-bond donors (Lipinski definition) is 1. The van der Waals surface area contributed by atoms with Crippen LogP contribution in [0.1, 0.15) is 168 Å². The molecule has 0 amide bonds. The molecule has 0 aliphatic carbocycles. The first kappa shape index (κ1) is 32.2. The summed E-state index contributed by atoms with van der Waals surface area (Å²) in [6.07, 6.45) is 33.7. The third-order valence-corrected chi connectivity index (χ3v) is 7.00. The number of rotatable bonds is 26. The molecule has 1 atom stereocenters. The molecule has 0 aromatic heterocycles. The summed E-state index contributed by atoms with van der Waals surface area (Å²) in [5, 5.41) is 9.53. The number of carboxylic acid groups (broad SMARTS) is 1. The highest BCUT2D eigenvalue weighted by molar-refractivity contribution is 5.69.